The zero-order valence-corrected chi connectivity index (χ0v) is 17.6. The Hall–Kier alpha value is -3.07. The van der Waals surface area contributed by atoms with Gasteiger partial charge in [0.1, 0.15) is 28.5 Å². The van der Waals surface area contributed by atoms with Crippen molar-refractivity contribution in [1.29, 1.82) is 0 Å². The number of imidazole rings is 1. The maximum absolute atomic E-state index is 12.9. The van der Waals surface area contributed by atoms with Gasteiger partial charge >= 0.3 is 0 Å². The Labute approximate surface area is 183 Å². The van der Waals surface area contributed by atoms with Crippen LogP contribution in [0.25, 0.3) is 5.65 Å². The molecule has 2 aliphatic carbocycles. The summed E-state index contributed by atoms with van der Waals surface area (Å²) in [7, 11) is 0. The predicted octanol–water partition coefficient (Wildman–Crippen LogP) is 3.98. The first-order valence-electron chi connectivity index (χ1n) is 10.8. The summed E-state index contributed by atoms with van der Waals surface area (Å²) in [4.78, 5) is 21.3. The van der Waals surface area contributed by atoms with E-state index in [2.05, 4.69) is 10.3 Å². The van der Waals surface area contributed by atoms with Crippen molar-refractivity contribution < 1.29 is 23.4 Å². The number of carbonyl (C=O) groups excluding carboxylic acids is 1. The zero-order valence-electron chi connectivity index (χ0n) is 17.6. The lowest BCUT2D eigenvalue weighted by molar-refractivity contribution is -0.0891. The highest BCUT2D eigenvalue weighted by atomic mass is 19.3. The van der Waals surface area contributed by atoms with Crippen LogP contribution in [0.1, 0.15) is 54.5 Å². The fraction of sp³-hybridized carbons (Fsp3) is 0.435. The zero-order chi connectivity index (χ0) is 22.5. The number of carbonyl (C=O) groups is 1. The second-order valence-corrected chi connectivity index (χ2v) is 8.53. The minimum Gasteiger partial charge on any atom is -0.491 e. The maximum atomic E-state index is 12.9. The Kier molecular flexibility index (Phi) is 5.08. The SMILES string of the molecule is CCOc1cc2nc(C34CCC3C(CO)C4)cn2cc1NC(=O)c1cccc(C(F)F)n1. The summed E-state index contributed by atoms with van der Waals surface area (Å²) in [5.74, 6) is 0.658. The lowest BCUT2D eigenvalue weighted by atomic mass is 9.42. The van der Waals surface area contributed by atoms with Gasteiger partial charge in [0.15, 0.2) is 0 Å². The van der Waals surface area contributed by atoms with Crippen LogP contribution in [0.5, 0.6) is 5.75 Å². The highest BCUT2D eigenvalue weighted by Gasteiger charge is 2.61. The number of hydrogen-bond acceptors (Lipinski definition) is 5. The topological polar surface area (TPSA) is 88.8 Å². The Bertz CT molecular complexity index is 1180. The molecule has 3 heterocycles. The molecule has 32 heavy (non-hydrogen) atoms. The summed E-state index contributed by atoms with van der Waals surface area (Å²) in [6, 6.07) is 5.71. The molecule has 7 nitrogen and oxygen atoms in total. The first-order chi connectivity index (χ1) is 15.4. The largest absolute Gasteiger partial charge is 0.491 e. The number of aliphatic hydroxyl groups is 1. The van der Waals surface area contributed by atoms with Crippen LogP contribution < -0.4 is 10.1 Å². The average Bonchev–Trinajstić information content (AvgIpc) is 3.18. The number of alkyl halides is 2. The van der Waals surface area contributed by atoms with E-state index in [4.69, 9.17) is 9.72 Å². The average molecular weight is 442 g/mol. The second kappa shape index (κ2) is 7.81. The molecule has 3 aromatic heterocycles. The lowest BCUT2D eigenvalue weighted by Gasteiger charge is -2.62. The van der Waals surface area contributed by atoms with Crippen molar-refractivity contribution in [2.75, 3.05) is 18.5 Å². The number of ether oxygens (including phenoxy) is 1. The molecule has 168 valence electrons. The van der Waals surface area contributed by atoms with Gasteiger partial charge in [-0.25, -0.2) is 18.7 Å². The number of fused-ring (bicyclic) bond motifs is 2. The van der Waals surface area contributed by atoms with Crippen molar-refractivity contribution in [3.8, 4) is 5.75 Å². The van der Waals surface area contributed by atoms with Crippen LogP contribution in [0.4, 0.5) is 14.5 Å². The molecule has 2 saturated carbocycles. The molecule has 0 aromatic carbocycles. The number of amides is 1. The number of nitrogens with zero attached hydrogens (tertiary/aromatic N) is 3. The minimum atomic E-state index is -2.76. The fourth-order valence-corrected chi connectivity index (χ4v) is 5.17. The Morgan fingerprint density at radius 1 is 1.38 bits per heavy atom. The van der Waals surface area contributed by atoms with Crippen molar-refractivity contribution in [3.63, 3.8) is 0 Å². The van der Waals surface area contributed by atoms with Gasteiger partial charge in [-0.2, -0.15) is 0 Å². The lowest BCUT2D eigenvalue weighted by Crippen LogP contribution is -2.59. The molecule has 5 rings (SSSR count). The Morgan fingerprint density at radius 3 is 2.88 bits per heavy atom. The highest BCUT2D eigenvalue weighted by molar-refractivity contribution is 6.03. The van der Waals surface area contributed by atoms with Crippen LogP contribution in [-0.2, 0) is 5.41 Å². The smallest absolute Gasteiger partial charge is 0.280 e. The fourth-order valence-electron chi connectivity index (χ4n) is 5.17. The van der Waals surface area contributed by atoms with Gasteiger partial charge in [-0.05, 0) is 50.2 Å². The molecular weight excluding hydrogens is 418 g/mol. The van der Waals surface area contributed by atoms with Gasteiger partial charge in [0.05, 0.1) is 12.3 Å². The molecule has 3 atom stereocenters. The van der Waals surface area contributed by atoms with Gasteiger partial charge in [0.2, 0.25) is 0 Å². The van der Waals surface area contributed by atoms with E-state index in [0.29, 0.717) is 35.5 Å². The van der Waals surface area contributed by atoms with E-state index in [9.17, 15) is 18.7 Å². The molecule has 1 amide bonds. The maximum Gasteiger partial charge on any atom is 0.280 e. The second-order valence-electron chi connectivity index (χ2n) is 8.53. The van der Waals surface area contributed by atoms with Crippen molar-refractivity contribution >= 4 is 17.2 Å². The first-order valence-corrected chi connectivity index (χ1v) is 10.8. The molecule has 0 aliphatic heterocycles. The van der Waals surface area contributed by atoms with E-state index in [1.807, 2.05) is 17.5 Å². The van der Waals surface area contributed by atoms with E-state index < -0.39 is 18.0 Å². The normalized spacial score (nSPS) is 24.0. The number of pyridine rings is 2. The molecule has 0 bridgehead atoms. The van der Waals surface area contributed by atoms with E-state index in [0.717, 1.165) is 25.0 Å². The van der Waals surface area contributed by atoms with Crippen molar-refractivity contribution in [3.05, 3.63) is 53.7 Å². The Balaban J connectivity index is 1.45. The van der Waals surface area contributed by atoms with Gasteiger partial charge in [0, 0.05) is 30.5 Å². The predicted molar refractivity (Wildman–Crippen MR) is 113 cm³/mol. The highest BCUT2D eigenvalue weighted by Crippen LogP contribution is 2.64. The van der Waals surface area contributed by atoms with E-state index in [-0.39, 0.29) is 17.7 Å². The molecule has 2 aliphatic rings. The quantitative estimate of drug-likeness (QED) is 0.578. The van der Waals surface area contributed by atoms with Crippen molar-refractivity contribution in [2.45, 2.75) is 38.0 Å². The molecule has 0 radical (unpaired) electrons. The first kappa shape index (κ1) is 20.8. The van der Waals surface area contributed by atoms with Gasteiger partial charge in [-0.1, -0.05) is 6.07 Å². The summed E-state index contributed by atoms with van der Waals surface area (Å²) >= 11 is 0. The molecule has 0 spiro atoms. The van der Waals surface area contributed by atoms with Crippen LogP contribution in [0.2, 0.25) is 0 Å². The number of rotatable bonds is 7. The van der Waals surface area contributed by atoms with Crippen molar-refractivity contribution in [2.24, 2.45) is 11.8 Å². The molecular formula is C23H24F2N4O3. The van der Waals surface area contributed by atoms with Crippen LogP contribution in [0.15, 0.2) is 36.7 Å². The number of nitrogens with one attached hydrogen (secondary N) is 1. The third kappa shape index (κ3) is 3.23. The van der Waals surface area contributed by atoms with Crippen LogP contribution in [-0.4, -0.2) is 38.6 Å². The monoisotopic (exact) mass is 442 g/mol. The molecule has 9 heteroatoms. The molecule has 2 N–H and O–H groups in total. The third-order valence-electron chi connectivity index (χ3n) is 6.88. The van der Waals surface area contributed by atoms with Gasteiger partial charge in [-0.3, -0.25) is 4.79 Å². The molecule has 3 unspecified atom stereocenters. The van der Waals surface area contributed by atoms with E-state index in [1.54, 1.807) is 12.3 Å². The summed E-state index contributed by atoms with van der Waals surface area (Å²) in [6.45, 7) is 2.43. The standard InChI is InChI=1S/C23H24F2N4O3/c1-2-32-18-8-20-28-19(23-7-6-14(23)13(9-23)12-30)11-29(20)10-17(18)27-22(31)16-5-3-4-15(26-16)21(24)25/h3-5,8,10-11,13-14,21,30H,2,6-7,9,12H2,1H3,(H,27,31). The van der Waals surface area contributed by atoms with E-state index in [1.165, 1.54) is 18.2 Å². The van der Waals surface area contributed by atoms with Crippen LogP contribution in [0, 0.1) is 11.8 Å². The minimum absolute atomic E-state index is 0.0359. The van der Waals surface area contributed by atoms with Crippen molar-refractivity contribution in [1.82, 2.24) is 14.4 Å². The molecule has 2 fully saturated rings. The summed E-state index contributed by atoms with van der Waals surface area (Å²) in [6.07, 6.45) is 4.04. The number of anilines is 1. The third-order valence-corrected chi connectivity index (χ3v) is 6.88. The number of aliphatic hydroxyl groups excluding tert-OH is 1. The van der Waals surface area contributed by atoms with Gasteiger partial charge in [0.25, 0.3) is 12.3 Å². The van der Waals surface area contributed by atoms with Crippen LogP contribution >= 0.6 is 0 Å². The summed E-state index contributed by atoms with van der Waals surface area (Å²) in [5.41, 5.74) is 1.59. The summed E-state index contributed by atoms with van der Waals surface area (Å²) < 4.78 is 33.4. The molecule has 0 saturated heterocycles. The number of halogens is 2. The number of hydrogen-bond donors (Lipinski definition) is 2. The number of aromatic nitrogens is 3. The van der Waals surface area contributed by atoms with Gasteiger partial charge in [-0.15, -0.1) is 0 Å². The van der Waals surface area contributed by atoms with Crippen LogP contribution in [0.3, 0.4) is 0 Å². The summed E-state index contributed by atoms with van der Waals surface area (Å²) in [5, 5.41) is 12.3. The Morgan fingerprint density at radius 2 is 2.22 bits per heavy atom. The van der Waals surface area contributed by atoms with E-state index >= 15 is 0 Å². The van der Waals surface area contributed by atoms with Gasteiger partial charge < -0.3 is 19.6 Å². The molecule has 3 aromatic rings.